The maximum absolute atomic E-state index is 13.4. The van der Waals surface area contributed by atoms with Crippen LogP contribution < -0.4 is 5.32 Å². The Morgan fingerprint density at radius 2 is 1.75 bits per heavy atom. The molecule has 0 unspecified atom stereocenters. The summed E-state index contributed by atoms with van der Waals surface area (Å²) in [4.78, 5) is 20.1. The molecule has 0 aromatic heterocycles. The van der Waals surface area contributed by atoms with Crippen LogP contribution in [0.5, 0.6) is 0 Å². The number of carbonyl (C=O) groups is 1. The Kier molecular flexibility index (Phi) is 9.92. The highest BCUT2D eigenvalue weighted by Gasteiger charge is 2.09. The van der Waals surface area contributed by atoms with Gasteiger partial charge in [0.1, 0.15) is 5.82 Å². The van der Waals surface area contributed by atoms with Crippen LogP contribution in [-0.2, 0) is 13.1 Å². The van der Waals surface area contributed by atoms with E-state index in [1.54, 1.807) is 25.1 Å². The van der Waals surface area contributed by atoms with E-state index in [0.717, 1.165) is 23.6 Å². The van der Waals surface area contributed by atoms with E-state index in [2.05, 4.69) is 10.3 Å². The minimum Gasteiger partial charge on any atom is -0.357 e. The Labute approximate surface area is 183 Å². The highest BCUT2D eigenvalue weighted by atomic mass is 127. The summed E-state index contributed by atoms with van der Waals surface area (Å²) >= 11 is 0. The highest BCUT2D eigenvalue weighted by Crippen LogP contribution is 2.09. The van der Waals surface area contributed by atoms with Gasteiger partial charge in [-0.1, -0.05) is 24.3 Å². The van der Waals surface area contributed by atoms with Crippen molar-refractivity contribution in [1.29, 1.82) is 0 Å². The number of hydrogen-bond donors (Lipinski definition) is 1. The number of amides is 1. The lowest BCUT2D eigenvalue weighted by Crippen LogP contribution is -2.38. The Hall–Kier alpha value is -2.16. The average molecular weight is 498 g/mol. The number of benzene rings is 2. The lowest BCUT2D eigenvalue weighted by Gasteiger charge is -2.22. The van der Waals surface area contributed by atoms with Gasteiger partial charge in [-0.25, -0.2) is 9.38 Å². The summed E-state index contributed by atoms with van der Waals surface area (Å²) in [5, 5.41) is 3.25. The number of rotatable bonds is 6. The molecular formula is C21H28FIN4O. The van der Waals surface area contributed by atoms with Gasteiger partial charge < -0.3 is 15.1 Å². The summed E-state index contributed by atoms with van der Waals surface area (Å²) in [6.45, 7) is 3.79. The minimum atomic E-state index is -0.241. The summed E-state index contributed by atoms with van der Waals surface area (Å²) in [6, 6.07) is 14.0. The van der Waals surface area contributed by atoms with Gasteiger partial charge in [-0.2, -0.15) is 0 Å². The van der Waals surface area contributed by atoms with Crippen molar-refractivity contribution in [2.75, 3.05) is 27.7 Å². The van der Waals surface area contributed by atoms with Crippen LogP contribution in [-0.4, -0.2) is 49.4 Å². The van der Waals surface area contributed by atoms with Crippen LogP contribution in [0, 0.1) is 5.82 Å². The van der Waals surface area contributed by atoms with Crippen LogP contribution in [0.25, 0.3) is 0 Å². The molecule has 0 atom stereocenters. The molecule has 0 saturated heterocycles. The average Bonchev–Trinajstić information content (AvgIpc) is 2.64. The Bertz CT molecular complexity index is 793. The quantitative estimate of drug-likeness (QED) is 0.375. The molecular weight excluding hydrogens is 470 g/mol. The number of halogens is 2. The molecule has 0 aliphatic carbocycles. The van der Waals surface area contributed by atoms with Gasteiger partial charge in [0.15, 0.2) is 5.96 Å². The SMILES string of the molecule is CCNC(=NCc1ccc(C(=O)N(C)C)cc1)N(C)Cc1cccc(F)c1.I. The third-order valence-electron chi connectivity index (χ3n) is 4.02. The zero-order valence-electron chi connectivity index (χ0n) is 16.8. The van der Waals surface area contributed by atoms with E-state index in [4.69, 9.17) is 0 Å². The number of guanidine groups is 1. The van der Waals surface area contributed by atoms with Gasteiger partial charge in [-0.3, -0.25) is 4.79 Å². The third-order valence-corrected chi connectivity index (χ3v) is 4.02. The Balaban J connectivity index is 0.00000392. The van der Waals surface area contributed by atoms with Crippen LogP contribution in [0.1, 0.15) is 28.4 Å². The summed E-state index contributed by atoms with van der Waals surface area (Å²) in [5.41, 5.74) is 2.55. The fourth-order valence-corrected chi connectivity index (χ4v) is 2.63. The molecule has 1 amide bonds. The Morgan fingerprint density at radius 1 is 1.07 bits per heavy atom. The van der Waals surface area contributed by atoms with Crippen molar-refractivity contribution in [3.8, 4) is 0 Å². The largest absolute Gasteiger partial charge is 0.357 e. The van der Waals surface area contributed by atoms with Crippen molar-refractivity contribution < 1.29 is 9.18 Å². The van der Waals surface area contributed by atoms with Crippen molar-refractivity contribution in [3.63, 3.8) is 0 Å². The molecule has 2 aromatic rings. The van der Waals surface area contributed by atoms with Crippen molar-refractivity contribution in [2.24, 2.45) is 4.99 Å². The first-order valence-corrected chi connectivity index (χ1v) is 8.95. The zero-order valence-corrected chi connectivity index (χ0v) is 19.1. The van der Waals surface area contributed by atoms with E-state index >= 15 is 0 Å². The molecule has 0 fully saturated rings. The molecule has 2 aromatic carbocycles. The van der Waals surface area contributed by atoms with E-state index in [0.29, 0.717) is 18.7 Å². The van der Waals surface area contributed by atoms with Gasteiger partial charge >= 0.3 is 0 Å². The first-order valence-electron chi connectivity index (χ1n) is 8.95. The molecule has 0 saturated carbocycles. The molecule has 0 bridgehead atoms. The molecule has 0 radical (unpaired) electrons. The lowest BCUT2D eigenvalue weighted by molar-refractivity contribution is 0.0827. The molecule has 0 spiro atoms. The van der Waals surface area contributed by atoms with E-state index in [1.807, 2.05) is 49.2 Å². The van der Waals surface area contributed by atoms with Gasteiger partial charge in [-0.15, -0.1) is 24.0 Å². The molecule has 2 rings (SSSR count). The van der Waals surface area contributed by atoms with Gasteiger partial charge in [0.25, 0.3) is 5.91 Å². The molecule has 5 nitrogen and oxygen atoms in total. The van der Waals surface area contributed by atoms with Gasteiger partial charge in [-0.05, 0) is 42.3 Å². The summed E-state index contributed by atoms with van der Waals surface area (Å²) in [7, 11) is 5.39. The Morgan fingerprint density at radius 3 is 2.32 bits per heavy atom. The van der Waals surface area contributed by atoms with Gasteiger partial charge in [0, 0.05) is 39.8 Å². The van der Waals surface area contributed by atoms with Crippen LogP contribution in [0.2, 0.25) is 0 Å². The monoisotopic (exact) mass is 498 g/mol. The second kappa shape index (κ2) is 11.6. The highest BCUT2D eigenvalue weighted by molar-refractivity contribution is 14.0. The molecule has 1 N–H and O–H groups in total. The van der Waals surface area contributed by atoms with Crippen molar-refractivity contribution in [2.45, 2.75) is 20.0 Å². The predicted octanol–water partition coefficient (Wildman–Crippen LogP) is 3.74. The van der Waals surface area contributed by atoms with Crippen molar-refractivity contribution >= 4 is 35.8 Å². The maximum Gasteiger partial charge on any atom is 0.253 e. The van der Waals surface area contributed by atoms with Crippen LogP contribution >= 0.6 is 24.0 Å². The second-order valence-corrected chi connectivity index (χ2v) is 6.55. The van der Waals surface area contributed by atoms with Crippen LogP contribution in [0.3, 0.4) is 0 Å². The summed E-state index contributed by atoms with van der Waals surface area (Å²) < 4.78 is 13.4. The standard InChI is InChI=1S/C21H27FN4O.HI/c1-5-23-21(26(4)15-17-7-6-8-19(22)13-17)24-14-16-9-11-18(12-10-16)20(27)25(2)3;/h6-13H,5,14-15H2,1-4H3,(H,23,24);1H. The lowest BCUT2D eigenvalue weighted by atomic mass is 10.1. The normalized spacial score (nSPS) is 10.8. The third kappa shape index (κ3) is 7.10. The van der Waals surface area contributed by atoms with Gasteiger partial charge in [0.2, 0.25) is 0 Å². The predicted molar refractivity (Wildman–Crippen MR) is 123 cm³/mol. The number of nitrogens with zero attached hydrogens (tertiary/aromatic N) is 3. The fraction of sp³-hybridized carbons (Fsp3) is 0.333. The van der Waals surface area contributed by atoms with E-state index in [-0.39, 0.29) is 35.7 Å². The number of hydrogen-bond acceptors (Lipinski definition) is 2. The van der Waals surface area contributed by atoms with E-state index in [9.17, 15) is 9.18 Å². The summed E-state index contributed by atoms with van der Waals surface area (Å²) in [5.74, 6) is 0.485. The van der Waals surface area contributed by atoms with E-state index in [1.165, 1.54) is 12.1 Å². The van der Waals surface area contributed by atoms with Crippen LogP contribution in [0.15, 0.2) is 53.5 Å². The molecule has 152 valence electrons. The fourth-order valence-electron chi connectivity index (χ4n) is 2.63. The number of nitrogens with one attached hydrogen (secondary N) is 1. The number of carbonyl (C=O) groups excluding carboxylic acids is 1. The van der Waals surface area contributed by atoms with Crippen LogP contribution in [0.4, 0.5) is 4.39 Å². The maximum atomic E-state index is 13.4. The topological polar surface area (TPSA) is 47.9 Å². The minimum absolute atomic E-state index is 0. The smallest absolute Gasteiger partial charge is 0.253 e. The number of aliphatic imine (C=N–C) groups is 1. The first kappa shape index (κ1) is 23.9. The van der Waals surface area contributed by atoms with E-state index < -0.39 is 0 Å². The van der Waals surface area contributed by atoms with Gasteiger partial charge in [0.05, 0.1) is 6.54 Å². The molecule has 28 heavy (non-hydrogen) atoms. The zero-order chi connectivity index (χ0) is 19.8. The molecule has 0 heterocycles. The summed E-state index contributed by atoms with van der Waals surface area (Å²) in [6.07, 6.45) is 0. The molecule has 0 aliphatic rings. The van der Waals surface area contributed by atoms with Crippen molar-refractivity contribution in [3.05, 3.63) is 71.0 Å². The molecule has 0 aliphatic heterocycles. The second-order valence-electron chi connectivity index (χ2n) is 6.55. The van der Waals surface area contributed by atoms with Crippen molar-refractivity contribution in [1.82, 2.24) is 15.1 Å². The first-order chi connectivity index (χ1) is 12.9. The molecule has 7 heteroatoms.